The monoisotopic (exact) mass is 394 g/mol. The molecule has 1 aliphatic rings. The highest BCUT2D eigenvalue weighted by atomic mass is 16.5. The van der Waals surface area contributed by atoms with Crippen LogP contribution in [0.5, 0.6) is 11.5 Å². The third-order valence-electron chi connectivity index (χ3n) is 5.10. The number of aromatic amines is 1. The number of nitrogens with zero attached hydrogens (tertiary/aromatic N) is 2. The minimum atomic E-state index is -0.0456. The van der Waals surface area contributed by atoms with E-state index >= 15 is 0 Å². The van der Waals surface area contributed by atoms with Gasteiger partial charge in [0.15, 0.2) is 0 Å². The Morgan fingerprint density at radius 1 is 1.31 bits per heavy atom. The standard InChI is InChI=1S/C22H26N4O3/c1-2-28-20-5-3-4-19-21(20)16(14-25-19)6-12-24-22(27)26-13-9-18(15-26)29-17-7-10-23-11-8-17/h3-5,7-8,10-11,14,18,25H,2,6,9,12-13,15H2,1H3,(H,24,27)/t18-/m0/s1. The first-order valence-electron chi connectivity index (χ1n) is 10.1. The van der Waals surface area contributed by atoms with E-state index in [-0.39, 0.29) is 12.1 Å². The molecule has 4 rings (SSSR count). The molecule has 2 N–H and O–H groups in total. The van der Waals surface area contributed by atoms with Crippen LogP contribution in [-0.2, 0) is 6.42 Å². The normalized spacial score (nSPS) is 16.2. The van der Waals surface area contributed by atoms with E-state index < -0.39 is 0 Å². The molecule has 2 aromatic heterocycles. The number of hydrogen-bond acceptors (Lipinski definition) is 4. The highest BCUT2D eigenvalue weighted by Gasteiger charge is 2.27. The van der Waals surface area contributed by atoms with Crippen molar-refractivity contribution in [2.75, 3.05) is 26.2 Å². The molecular formula is C22H26N4O3. The number of urea groups is 1. The number of fused-ring (bicyclic) bond motifs is 1. The molecule has 3 heterocycles. The van der Waals surface area contributed by atoms with E-state index in [2.05, 4.69) is 15.3 Å². The molecule has 1 saturated heterocycles. The van der Waals surface area contributed by atoms with Crippen molar-refractivity contribution >= 4 is 16.9 Å². The fourth-order valence-corrected chi connectivity index (χ4v) is 3.73. The third-order valence-corrected chi connectivity index (χ3v) is 5.10. The summed E-state index contributed by atoms with van der Waals surface area (Å²) in [6.07, 6.45) is 6.99. The molecule has 1 aromatic carbocycles. The predicted molar refractivity (Wildman–Crippen MR) is 111 cm³/mol. The lowest BCUT2D eigenvalue weighted by Gasteiger charge is -2.18. The molecule has 0 bridgehead atoms. The van der Waals surface area contributed by atoms with Crippen LogP contribution >= 0.6 is 0 Å². The van der Waals surface area contributed by atoms with Crippen LogP contribution in [0.1, 0.15) is 18.9 Å². The van der Waals surface area contributed by atoms with E-state index in [9.17, 15) is 4.79 Å². The first-order chi connectivity index (χ1) is 14.2. The van der Waals surface area contributed by atoms with Gasteiger partial charge in [-0.2, -0.15) is 0 Å². The second-order valence-electron chi connectivity index (χ2n) is 7.07. The maximum absolute atomic E-state index is 12.5. The molecule has 0 saturated carbocycles. The highest BCUT2D eigenvalue weighted by Crippen LogP contribution is 2.29. The number of benzene rings is 1. The van der Waals surface area contributed by atoms with Crippen molar-refractivity contribution in [2.45, 2.75) is 25.9 Å². The van der Waals surface area contributed by atoms with Gasteiger partial charge in [-0.25, -0.2) is 4.79 Å². The second-order valence-corrected chi connectivity index (χ2v) is 7.07. The lowest BCUT2D eigenvalue weighted by Crippen LogP contribution is -2.40. The van der Waals surface area contributed by atoms with Gasteiger partial charge in [-0.15, -0.1) is 0 Å². The van der Waals surface area contributed by atoms with Crippen molar-refractivity contribution in [2.24, 2.45) is 0 Å². The molecule has 1 aliphatic heterocycles. The van der Waals surface area contributed by atoms with E-state index in [1.54, 1.807) is 12.4 Å². The average molecular weight is 394 g/mol. The summed E-state index contributed by atoms with van der Waals surface area (Å²) in [6.45, 7) is 4.46. The predicted octanol–water partition coefficient (Wildman–Crippen LogP) is 3.37. The second kappa shape index (κ2) is 8.86. The average Bonchev–Trinajstić information content (AvgIpc) is 3.37. The summed E-state index contributed by atoms with van der Waals surface area (Å²) in [4.78, 5) is 21.6. The Balaban J connectivity index is 1.29. The van der Waals surface area contributed by atoms with Crippen LogP contribution in [0.4, 0.5) is 4.79 Å². The van der Waals surface area contributed by atoms with E-state index in [0.717, 1.165) is 40.8 Å². The van der Waals surface area contributed by atoms with Crippen molar-refractivity contribution in [3.63, 3.8) is 0 Å². The van der Waals surface area contributed by atoms with Crippen LogP contribution in [0.15, 0.2) is 48.9 Å². The number of rotatable bonds is 7. The maximum atomic E-state index is 12.5. The Kier molecular flexibility index (Phi) is 5.84. The number of H-pyrrole nitrogens is 1. The summed E-state index contributed by atoms with van der Waals surface area (Å²) in [5.74, 6) is 1.67. The number of likely N-dealkylation sites (tertiary alicyclic amines) is 1. The number of nitrogens with one attached hydrogen (secondary N) is 2. The fourth-order valence-electron chi connectivity index (χ4n) is 3.73. The van der Waals surface area contributed by atoms with Gasteiger partial charge in [0.05, 0.1) is 13.2 Å². The number of hydrogen-bond donors (Lipinski definition) is 2. The van der Waals surface area contributed by atoms with Crippen molar-refractivity contribution in [1.82, 2.24) is 20.2 Å². The van der Waals surface area contributed by atoms with Gasteiger partial charge in [-0.3, -0.25) is 4.98 Å². The number of pyridine rings is 1. The van der Waals surface area contributed by atoms with Crippen LogP contribution < -0.4 is 14.8 Å². The van der Waals surface area contributed by atoms with Crippen molar-refractivity contribution < 1.29 is 14.3 Å². The lowest BCUT2D eigenvalue weighted by molar-refractivity contribution is 0.187. The Labute approximate surface area is 170 Å². The van der Waals surface area contributed by atoms with Gasteiger partial charge < -0.3 is 24.7 Å². The van der Waals surface area contributed by atoms with Crippen LogP contribution in [-0.4, -0.2) is 53.2 Å². The van der Waals surface area contributed by atoms with Crippen LogP contribution in [0.2, 0.25) is 0 Å². The third kappa shape index (κ3) is 4.45. The molecule has 152 valence electrons. The minimum absolute atomic E-state index is 0.0190. The largest absolute Gasteiger partial charge is 0.493 e. The lowest BCUT2D eigenvalue weighted by atomic mass is 10.1. The zero-order valence-electron chi connectivity index (χ0n) is 16.6. The number of carbonyl (C=O) groups is 1. The Bertz CT molecular complexity index is 957. The highest BCUT2D eigenvalue weighted by molar-refractivity contribution is 5.89. The first kappa shape index (κ1) is 19.1. The minimum Gasteiger partial charge on any atom is -0.493 e. The molecular weight excluding hydrogens is 368 g/mol. The van der Waals surface area contributed by atoms with Gasteiger partial charge >= 0.3 is 6.03 Å². The fraction of sp³-hybridized carbons (Fsp3) is 0.364. The summed E-state index contributed by atoms with van der Waals surface area (Å²) in [7, 11) is 0. The molecule has 0 unspecified atom stereocenters. The SMILES string of the molecule is CCOc1cccc2[nH]cc(CCNC(=O)N3CC[C@H](Oc4ccncc4)C3)c12. The van der Waals surface area contributed by atoms with Crippen LogP contribution in [0, 0.1) is 0 Å². The molecule has 2 amide bonds. The molecule has 29 heavy (non-hydrogen) atoms. The van der Waals surface area contributed by atoms with Crippen LogP contribution in [0.3, 0.4) is 0 Å². The molecule has 3 aromatic rings. The molecule has 0 aliphatic carbocycles. The summed E-state index contributed by atoms with van der Waals surface area (Å²) in [6, 6.07) is 9.62. The summed E-state index contributed by atoms with van der Waals surface area (Å²) in [5, 5.41) is 4.12. The summed E-state index contributed by atoms with van der Waals surface area (Å²) >= 11 is 0. The zero-order valence-corrected chi connectivity index (χ0v) is 16.6. The van der Waals surface area contributed by atoms with Gasteiger partial charge in [0, 0.05) is 49.0 Å². The van der Waals surface area contributed by atoms with E-state index in [0.29, 0.717) is 26.2 Å². The van der Waals surface area contributed by atoms with E-state index in [1.807, 2.05) is 48.4 Å². The summed E-state index contributed by atoms with van der Waals surface area (Å²) in [5.41, 5.74) is 2.19. The smallest absolute Gasteiger partial charge is 0.317 e. The van der Waals surface area contributed by atoms with Gasteiger partial charge in [0.25, 0.3) is 0 Å². The van der Waals surface area contributed by atoms with Gasteiger partial charge in [0.2, 0.25) is 0 Å². The zero-order chi connectivity index (χ0) is 20.1. The molecule has 1 atom stereocenters. The molecule has 7 heteroatoms. The van der Waals surface area contributed by atoms with E-state index in [4.69, 9.17) is 9.47 Å². The maximum Gasteiger partial charge on any atom is 0.317 e. The Morgan fingerprint density at radius 2 is 2.17 bits per heavy atom. The van der Waals surface area contributed by atoms with Gasteiger partial charge in [0.1, 0.15) is 17.6 Å². The first-order valence-corrected chi connectivity index (χ1v) is 10.1. The number of carbonyl (C=O) groups excluding carboxylic acids is 1. The molecule has 0 spiro atoms. The number of ether oxygens (including phenoxy) is 2. The molecule has 1 fully saturated rings. The molecule has 7 nitrogen and oxygen atoms in total. The topological polar surface area (TPSA) is 79.5 Å². The van der Waals surface area contributed by atoms with Gasteiger partial charge in [-0.05, 0) is 43.2 Å². The Morgan fingerprint density at radius 3 is 3.00 bits per heavy atom. The van der Waals surface area contributed by atoms with Crippen molar-refractivity contribution in [3.05, 3.63) is 54.5 Å². The van der Waals surface area contributed by atoms with E-state index in [1.165, 1.54) is 0 Å². The Hall–Kier alpha value is -3.22. The van der Waals surface area contributed by atoms with Gasteiger partial charge in [-0.1, -0.05) is 6.07 Å². The van der Waals surface area contributed by atoms with Crippen molar-refractivity contribution in [1.29, 1.82) is 0 Å². The van der Waals surface area contributed by atoms with Crippen molar-refractivity contribution in [3.8, 4) is 11.5 Å². The number of aromatic nitrogens is 2. The van der Waals surface area contributed by atoms with Crippen LogP contribution in [0.25, 0.3) is 10.9 Å². The quantitative estimate of drug-likeness (QED) is 0.644. The summed E-state index contributed by atoms with van der Waals surface area (Å²) < 4.78 is 11.7. The number of amides is 2. The molecule has 0 radical (unpaired) electrons.